The van der Waals surface area contributed by atoms with E-state index in [1.165, 1.54) is 12.8 Å². The smallest absolute Gasteiger partial charge is 0.326 e. The summed E-state index contributed by atoms with van der Waals surface area (Å²) < 4.78 is 5.10. The maximum atomic E-state index is 11.8. The monoisotopic (exact) mass is 247 g/mol. The molecule has 0 aliphatic heterocycles. The third-order valence-corrected chi connectivity index (χ3v) is 3.68. The van der Waals surface area contributed by atoms with E-state index in [-0.39, 0.29) is 5.97 Å². The fraction of sp³-hybridized carbons (Fsp3) is 0.917. The number of esters is 1. The topological polar surface area (TPSA) is 38.3 Å². The van der Waals surface area contributed by atoms with Crippen LogP contribution in [0.1, 0.15) is 40.5 Å². The first kappa shape index (κ1) is 15.8. The van der Waals surface area contributed by atoms with Gasteiger partial charge in [-0.3, -0.25) is 4.79 Å². The van der Waals surface area contributed by atoms with Gasteiger partial charge in [-0.25, -0.2) is 0 Å². The quantitative estimate of drug-likeness (QED) is 0.502. The van der Waals surface area contributed by atoms with Crippen molar-refractivity contribution in [1.82, 2.24) is 5.32 Å². The summed E-state index contributed by atoms with van der Waals surface area (Å²) in [7, 11) is 0. The SMILES string of the molecule is CCCCSCC(C)(NCC)C(=O)OCC. The van der Waals surface area contributed by atoms with E-state index >= 15 is 0 Å². The second-order valence-electron chi connectivity index (χ2n) is 3.99. The molecule has 0 saturated carbocycles. The zero-order chi connectivity index (χ0) is 12.4. The number of nitrogens with one attached hydrogen (secondary N) is 1. The first-order chi connectivity index (χ1) is 7.60. The van der Waals surface area contributed by atoms with Crippen LogP contribution in [0.3, 0.4) is 0 Å². The first-order valence-corrected chi connectivity index (χ1v) is 7.26. The predicted octanol–water partition coefficient (Wildman–Crippen LogP) is 2.45. The second kappa shape index (κ2) is 8.88. The molecule has 3 nitrogen and oxygen atoms in total. The molecule has 96 valence electrons. The Kier molecular flexibility index (Phi) is 8.76. The highest BCUT2D eigenvalue weighted by molar-refractivity contribution is 7.99. The number of unbranched alkanes of at least 4 members (excludes halogenated alkanes) is 1. The summed E-state index contributed by atoms with van der Waals surface area (Å²) in [5.41, 5.74) is -0.539. The van der Waals surface area contributed by atoms with Gasteiger partial charge in [0.2, 0.25) is 0 Å². The van der Waals surface area contributed by atoms with Crippen molar-refractivity contribution in [3.05, 3.63) is 0 Å². The lowest BCUT2D eigenvalue weighted by molar-refractivity contribution is -0.149. The molecule has 0 bridgehead atoms. The number of rotatable bonds is 9. The summed E-state index contributed by atoms with van der Waals surface area (Å²) in [5.74, 6) is 1.75. The fourth-order valence-corrected chi connectivity index (χ4v) is 2.65. The van der Waals surface area contributed by atoms with Gasteiger partial charge in [0.15, 0.2) is 0 Å². The van der Waals surface area contributed by atoms with Gasteiger partial charge in [0.05, 0.1) is 6.61 Å². The van der Waals surface area contributed by atoms with Gasteiger partial charge < -0.3 is 10.1 Å². The molecule has 0 amide bonds. The van der Waals surface area contributed by atoms with Crippen molar-refractivity contribution in [3.63, 3.8) is 0 Å². The van der Waals surface area contributed by atoms with Gasteiger partial charge in [-0.1, -0.05) is 20.3 Å². The van der Waals surface area contributed by atoms with E-state index in [0.717, 1.165) is 18.1 Å². The second-order valence-corrected chi connectivity index (χ2v) is 5.09. The Morgan fingerprint density at radius 1 is 1.38 bits per heavy atom. The molecule has 1 atom stereocenters. The van der Waals surface area contributed by atoms with Gasteiger partial charge in [0, 0.05) is 5.75 Å². The van der Waals surface area contributed by atoms with Crippen molar-refractivity contribution in [2.45, 2.75) is 46.1 Å². The molecule has 0 aromatic rings. The molecule has 0 heterocycles. The van der Waals surface area contributed by atoms with Crippen molar-refractivity contribution in [3.8, 4) is 0 Å². The zero-order valence-corrected chi connectivity index (χ0v) is 11.8. The molecule has 4 heteroatoms. The predicted molar refractivity (Wildman–Crippen MR) is 70.9 cm³/mol. The van der Waals surface area contributed by atoms with Crippen molar-refractivity contribution in [1.29, 1.82) is 0 Å². The van der Waals surface area contributed by atoms with Crippen LogP contribution in [0.15, 0.2) is 0 Å². The maximum absolute atomic E-state index is 11.8. The molecular weight excluding hydrogens is 222 g/mol. The molecule has 0 spiro atoms. The highest BCUT2D eigenvalue weighted by Gasteiger charge is 2.33. The summed E-state index contributed by atoms with van der Waals surface area (Å²) in [4.78, 5) is 11.8. The molecule has 0 radical (unpaired) electrons. The minimum Gasteiger partial charge on any atom is -0.465 e. The summed E-state index contributed by atoms with van der Waals surface area (Å²) >= 11 is 1.82. The van der Waals surface area contributed by atoms with Gasteiger partial charge >= 0.3 is 5.97 Å². The molecular formula is C12H25NO2S. The molecule has 0 aromatic carbocycles. The Labute approximate surface area is 104 Å². The Morgan fingerprint density at radius 3 is 2.56 bits per heavy atom. The molecule has 1 N–H and O–H groups in total. The van der Waals surface area contributed by atoms with Gasteiger partial charge in [-0.05, 0) is 32.6 Å². The van der Waals surface area contributed by atoms with Gasteiger partial charge in [-0.2, -0.15) is 11.8 Å². The summed E-state index contributed by atoms with van der Waals surface area (Å²) in [5, 5.41) is 3.23. The van der Waals surface area contributed by atoms with E-state index in [1.54, 1.807) is 0 Å². The van der Waals surface area contributed by atoms with Gasteiger partial charge in [0.1, 0.15) is 5.54 Å². The van der Waals surface area contributed by atoms with Crippen LogP contribution in [-0.4, -0.2) is 36.2 Å². The molecule has 0 saturated heterocycles. The van der Waals surface area contributed by atoms with E-state index in [4.69, 9.17) is 4.74 Å². The van der Waals surface area contributed by atoms with Crippen LogP contribution < -0.4 is 5.32 Å². The van der Waals surface area contributed by atoms with Crippen molar-refractivity contribution in [2.75, 3.05) is 24.7 Å². The molecule has 0 fully saturated rings. The number of likely N-dealkylation sites (N-methyl/N-ethyl adjacent to an activating group) is 1. The third kappa shape index (κ3) is 5.75. The number of thioether (sulfide) groups is 1. The number of hydrogen-bond acceptors (Lipinski definition) is 4. The zero-order valence-electron chi connectivity index (χ0n) is 11.0. The number of hydrogen-bond donors (Lipinski definition) is 1. The Morgan fingerprint density at radius 2 is 2.06 bits per heavy atom. The number of ether oxygens (including phenoxy) is 1. The van der Waals surface area contributed by atoms with Crippen LogP contribution in [0.5, 0.6) is 0 Å². The minimum absolute atomic E-state index is 0.138. The highest BCUT2D eigenvalue weighted by atomic mass is 32.2. The van der Waals surface area contributed by atoms with E-state index < -0.39 is 5.54 Å². The van der Waals surface area contributed by atoms with Crippen LogP contribution >= 0.6 is 11.8 Å². The minimum atomic E-state index is -0.539. The average Bonchev–Trinajstić information content (AvgIpc) is 2.25. The lowest BCUT2D eigenvalue weighted by atomic mass is 10.1. The highest BCUT2D eigenvalue weighted by Crippen LogP contribution is 2.16. The van der Waals surface area contributed by atoms with Gasteiger partial charge in [0.25, 0.3) is 0 Å². The number of carbonyl (C=O) groups excluding carboxylic acids is 1. The van der Waals surface area contributed by atoms with Crippen LogP contribution in [0.2, 0.25) is 0 Å². The lowest BCUT2D eigenvalue weighted by Gasteiger charge is -2.27. The Hall–Kier alpha value is -0.220. The maximum Gasteiger partial charge on any atom is 0.326 e. The van der Waals surface area contributed by atoms with Crippen molar-refractivity contribution in [2.24, 2.45) is 0 Å². The first-order valence-electron chi connectivity index (χ1n) is 6.10. The van der Waals surface area contributed by atoms with Crippen LogP contribution in [-0.2, 0) is 9.53 Å². The molecule has 0 aliphatic rings. The van der Waals surface area contributed by atoms with E-state index in [0.29, 0.717) is 6.61 Å². The third-order valence-electron chi connectivity index (χ3n) is 2.33. The summed E-state index contributed by atoms with van der Waals surface area (Å²) in [6, 6.07) is 0. The average molecular weight is 247 g/mol. The fourth-order valence-electron chi connectivity index (χ4n) is 1.39. The van der Waals surface area contributed by atoms with Crippen molar-refractivity contribution < 1.29 is 9.53 Å². The molecule has 0 rings (SSSR count). The Bertz CT molecular complexity index is 199. The van der Waals surface area contributed by atoms with Crippen molar-refractivity contribution >= 4 is 17.7 Å². The van der Waals surface area contributed by atoms with Gasteiger partial charge in [-0.15, -0.1) is 0 Å². The van der Waals surface area contributed by atoms with Crippen LogP contribution in [0.4, 0.5) is 0 Å². The number of carbonyl (C=O) groups is 1. The molecule has 1 unspecified atom stereocenters. The summed E-state index contributed by atoms with van der Waals surface area (Å²) in [6.45, 7) is 9.18. The summed E-state index contributed by atoms with van der Waals surface area (Å²) in [6.07, 6.45) is 2.40. The molecule has 16 heavy (non-hydrogen) atoms. The molecule has 0 aliphatic carbocycles. The van der Waals surface area contributed by atoms with E-state index in [9.17, 15) is 4.79 Å². The normalized spacial score (nSPS) is 14.5. The largest absolute Gasteiger partial charge is 0.465 e. The van der Waals surface area contributed by atoms with E-state index in [1.807, 2.05) is 32.5 Å². The lowest BCUT2D eigenvalue weighted by Crippen LogP contribution is -2.52. The molecule has 0 aromatic heterocycles. The van der Waals surface area contributed by atoms with E-state index in [2.05, 4.69) is 12.2 Å². The van der Waals surface area contributed by atoms with Crippen LogP contribution in [0.25, 0.3) is 0 Å². The standard InChI is InChI=1S/C12H25NO2S/c1-5-8-9-16-10-12(4,13-6-2)11(14)15-7-3/h13H,5-10H2,1-4H3. The Balaban J connectivity index is 4.15. The van der Waals surface area contributed by atoms with Crippen LogP contribution in [0, 0.1) is 0 Å².